The molecule has 0 bridgehead atoms. The Morgan fingerprint density at radius 3 is 2.64 bits per heavy atom. The van der Waals surface area contributed by atoms with Gasteiger partial charge in [-0.15, -0.1) is 0 Å². The fourth-order valence-electron chi connectivity index (χ4n) is 6.62. The Morgan fingerprint density at radius 1 is 1.14 bits per heavy atom. The van der Waals surface area contributed by atoms with Gasteiger partial charge < -0.3 is 10.2 Å². The van der Waals surface area contributed by atoms with Gasteiger partial charge in [0.2, 0.25) is 0 Å². The zero-order chi connectivity index (χ0) is 15.8. The quantitative estimate of drug-likeness (QED) is 0.677. The van der Waals surface area contributed by atoms with Crippen molar-refractivity contribution in [3.63, 3.8) is 0 Å². The van der Waals surface area contributed by atoms with E-state index in [1.807, 2.05) is 6.08 Å². The molecule has 0 spiro atoms. The van der Waals surface area contributed by atoms with Crippen LogP contribution in [0.2, 0.25) is 0 Å². The van der Waals surface area contributed by atoms with Crippen LogP contribution in [-0.2, 0) is 4.79 Å². The van der Waals surface area contributed by atoms with Crippen LogP contribution in [0.5, 0.6) is 0 Å². The van der Waals surface area contributed by atoms with Crippen molar-refractivity contribution in [1.29, 1.82) is 0 Å². The Hall–Kier alpha value is -0.670. The third-order valence-electron chi connectivity index (χ3n) is 8.14. The SMILES string of the molecule is C[C@]12CC[C@H]3[C@@H](C[C@@H](O)[C@@]4(O)CC=CC[C@]34C)[C@@H]1CCC2=O. The van der Waals surface area contributed by atoms with E-state index in [2.05, 4.69) is 19.9 Å². The lowest BCUT2D eigenvalue weighted by Crippen LogP contribution is -2.66. The number of aliphatic hydroxyl groups excluding tert-OH is 1. The first-order chi connectivity index (χ1) is 10.3. The molecule has 0 aromatic rings. The Kier molecular flexibility index (Phi) is 3.01. The molecule has 3 nitrogen and oxygen atoms in total. The van der Waals surface area contributed by atoms with E-state index in [9.17, 15) is 15.0 Å². The van der Waals surface area contributed by atoms with Gasteiger partial charge in [-0.05, 0) is 56.3 Å². The van der Waals surface area contributed by atoms with Crippen LogP contribution in [0.3, 0.4) is 0 Å². The summed E-state index contributed by atoms with van der Waals surface area (Å²) in [6, 6.07) is 0. The molecule has 0 heterocycles. The van der Waals surface area contributed by atoms with Crippen LogP contribution in [0.15, 0.2) is 12.2 Å². The summed E-state index contributed by atoms with van der Waals surface area (Å²) >= 11 is 0. The Labute approximate surface area is 132 Å². The second-order valence-corrected chi connectivity index (χ2v) is 8.77. The average Bonchev–Trinajstić information content (AvgIpc) is 2.78. The minimum atomic E-state index is -0.987. The van der Waals surface area contributed by atoms with E-state index in [0.29, 0.717) is 42.8 Å². The van der Waals surface area contributed by atoms with Crippen molar-refractivity contribution in [2.45, 2.75) is 70.5 Å². The van der Waals surface area contributed by atoms with Crippen LogP contribution in [0.1, 0.15) is 58.8 Å². The molecule has 0 radical (unpaired) electrons. The first kappa shape index (κ1) is 14.9. The summed E-state index contributed by atoms with van der Waals surface area (Å²) in [6.07, 6.45) is 9.28. The summed E-state index contributed by atoms with van der Waals surface area (Å²) in [5, 5.41) is 22.0. The molecule has 122 valence electrons. The minimum absolute atomic E-state index is 0.169. The predicted molar refractivity (Wildman–Crippen MR) is 84.1 cm³/mol. The van der Waals surface area contributed by atoms with Gasteiger partial charge in [0.15, 0.2) is 0 Å². The molecule has 4 aliphatic carbocycles. The van der Waals surface area contributed by atoms with Gasteiger partial charge in [-0.3, -0.25) is 4.79 Å². The molecule has 4 aliphatic rings. The molecule has 0 saturated heterocycles. The van der Waals surface area contributed by atoms with Crippen LogP contribution in [0.25, 0.3) is 0 Å². The number of Topliss-reactive ketones (excluding diaryl/α,β-unsaturated/α-hetero) is 1. The van der Waals surface area contributed by atoms with Gasteiger partial charge in [-0.1, -0.05) is 26.0 Å². The number of aliphatic hydroxyl groups is 2. The van der Waals surface area contributed by atoms with E-state index in [1.165, 1.54) is 0 Å². The highest BCUT2D eigenvalue weighted by Crippen LogP contribution is 2.65. The summed E-state index contributed by atoms with van der Waals surface area (Å²) in [6.45, 7) is 4.33. The van der Waals surface area contributed by atoms with E-state index in [-0.39, 0.29) is 10.8 Å². The van der Waals surface area contributed by atoms with Crippen molar-refractivity contribution < 1.29 is 15.0 Å². The van der Waals surface area contributed by atoms with Crippen molar-refractivity contribution in [2.24, 2.45) is 28.6 Å². The minimum Gasteiger partial charge on any atom is -0.390 e. The number of ketones is 1. The van der Waals surface area contributed by atoms with Gasteiger partial charge in [-0.2, -0.15) is 0 Å². The molecule has 0 amide bonds. The van der Waals surface area contributed by atoms with E-state index < -0.39 is 11.7 Å². The molecule has 3 fully saturated rings. The molecule has 0 unspecified atom stereocenters. The Balaban J connectivity index is 1.75. The van der Waals surface area contributed by atoms with E-state index >= 15 is 0 Å². The monoisotopic (exact) mass is 304 g/mol. The molecular weight excluding hydrogens is 276 g/mol. The number of hydrogen-bond donors (Lipinski definition) is 2. The number of allylic oxidation sites excluding steroid dienone is 1. The van der Waals surface area contributed by atoms with Crippen LogP contribution in [0.4, 0.5) is 0 Å². The summed E-state index contributed by atoms with van der Waals surface area (Å²) in [5.74, 6) is 1.65. The lowest BCUT2D eigenvalue weighted by Gasteiger charge is -2.63. The summed E-state index contributed by atoms with van der Waals surface area (Å²) in [4.78, 5) is 12.4. The maximum atomic E-state index is 12.4. The summed E-state index contributed by atoms with van der Waals surface area (Å²) in [7, 11) is 0. The Bertz CT molecular complexity index is 541. The number of fused-ring (bicyclic) bond motifs is 5. The third kappa shape index (κ3) is 1.57. The molecule has 0 aromatic carbocycles. The fourth-order valence-corrected chi connectivity index (χ4v) is 6.62. The molecule has 2 N–H and O–H groups in total. The smallest absolute Gasteiger partial charge is 0.139 e. The van der Waals surface area contributed by atoms with E-state index in [1.54, 1.807) is 0 Å². The number of rotatable bonds is 0. The van der Waals surface area contributed by atoms with Gasteiger partial charge in [-0.25, -0.2) is 0 Å². The van der Waals surface area contributed by atoms with Gasteiger partial charge in [0, 0.05) is 17.3 Å². The standard InChI is InChI=1S/C19H28O3/c1-17-10-7-14-12(13(17)5-6-15(17)20)11-16(21)19(22)9-4-3-8-18(14,19)2/h3-4,12-14,16,21-22H,5-11H2,1-2H3/t12-,13-,14-,16+,17-,18+,19-/m0/s1. The maximum Gasteiger partial charge on any atom is 0.139 e. The highest BCUT2D eigenvalue weighted by atomic mass is 16.3. The lowest BCUT2D eigenvalue weighted by molar-refractivity contribution is -0.235. The van der Waals surface area contributed by atoms with Crippen molar-refractivity contribution in [2.75, 3.05) is 0 Å². The zero-order valence-corrected chi connectivity index (χ0v) is 13.7. The van der Waals surface area contributed by atoms with Crippen molar-refractivity contribution in [3.05, 3.63) is 12.2 Å². The second-order valence-electron chi connectivity index (χ2n) is 8.77. The highest BCUT2D eigenvalue weighted by Gasteiger charge is 2.66. The molecule has 3 heteroatoms. The normalized spacial score (nSPS) is 57.2. The first-order valence-electron chi connectivity index (χ1n) is 8.92. The van der Waals surface area contributed by atoms with Crippen molar-refractivity contribution in [3.8, 4) is 0 Å². The van der Waals surface area contributed by atoms with Gasteiger partial charge in [0.05, 0.1) is 11.7 Å². The number of carbonyl (C=O) groups excluding carboxylic acids is 1. The molecule has 0 aromatic heterocycles. The second kappa shape index (κ2) is 4.45. The van der Waals surface area contributed by atoms with Crippen LogP contribution in [-0.4, -0.2) is 27.7 Å². The fraction of sp³-hybridized carbons (Fsp3) is 0.842. The average molecular weight is 304 g/mol. The molecule has 0 aliphatic heterocycles. The third-order valence-corrected chi connectivity index (χ3v) is 8.14. The Morgan fingerprint density at radius 2 is 1.86 bits per heavy atom. The lowest BCUT2D eigenvalue weighted by atomic mass is 9.44. The topological polar surface area (TPSA) is 57.5 Å². The molecule has 3 saturated carbocycles. The largest absolute Gasteiger partial charge is 0.390 e. The number of carbonyl (C=O) groups is 1. The molecule has 22 heavy (non-hydrogen) atoms. The van der Waals surface area contributed by atoms with Crippen LogP contribution >= 0.6 is 0 Å². The maximum absolute atomic E-state index is 12.4. The van der Waals surface area contributed by atoms with Gasteiger partial charge in [0.1, 0.15) is 5.78 Å². The zero-order valence-electron chi connectivity index (χ0n) is 13.7. The molecule has 7 atom stereocenters. The highest BCUT2D eigenvalue weighted by molar-refractivity contribution is 5.87. The van der Waals surface area contributed by atoms with Crippen molar-refractivity contribution in [1.82, 2.24) is 0 Å². The first-order valence-corrected chi connectivity index (χ1v) is 8.92. The number of hydrogen-bond acceptors (Lipinski definition) is 3. The van der Waals surface area contributed by atoms with Crippen molar-refractivity contribution >= 4 is 5.78 Å². The van der Waals surface area contributed by atoms with Crippen LogP contribution < -0.4 is 0 Å². The molecule has 4 rings (SSSR count). The van der Waals surface area contributed by atoms with Gasteiger partial charge >= 0.3 is 0 Å². The predicted octanol–water partition coefficient (Wildman–Crippen LogP) is 2.85. The van der Waals surface area contributed by atoms with E-state index in [0.717, 1.165) is 25.7 Å². The summed E-state index contributed by atoms with van der Waals surface area (Å²) < 4.78 is 0. The van der Waals surface area contributed by atoms with Gasteiger partial charge in [0.25, 0.3) is 0 Å². The summed E-state index contributed by atoms with van der Waals surface area (Å²) in [5.41, 5.74) is -1.41. The molecular formula is C19H28O3. The van der Waals surface area contributed by atoms with Crippen LogP contribution in [0, 0.1) is 28.6 Å². The van der Waals surface area contributed by atoms with E-state index in [4.69, 9.17) is 0 Å².